The number of hydrogen-bond donors (Lipinski definition) is 2. The van der Waals surface area contributed by atoms with Gasteiger partial charge in [-0.15, -0.1) is 0 Å². The van der Waals surface area contributed by atoms with Crippen LogP contribution in [0.1, 0.15) is 15.9 Å². The summed E-state index contributed by atoms with van der Waals surface area (Å²) in [6, 6.07) is 12.2. The number of hydrogen-bond acceptors (Lipinski definition) is 2. The van der Waals surface area contributed by atoms with Gasteiger partial charge in [0, 0.05) is 10.7 Å². The molecule has 2 aromatic rings. The van der Waals surface area contributed by atoms with Crippen molar-refractivity contribution in [3.8, 4) is 0 Å². The molecule has 0 heterocycles. The average molecular weight is 262 g/mol. The van der Waals surface area contributed by atoms with E-state index in [0.29, 0.717) is 10.7 Å². The van der Waals surface area contributed by atoms with Crippen molar-refractivity contribution in [3.63, 3.8) is 0 Å². The summed E-state index contributed by atoms with van der Waals surface area (Å²) in [6.45, 7) is 1.93. The Balaban J connectivity index is 2.40. The minimum atomic E-state index is -0.960. The molecule has 0 fully saturated rings. The van der Waals surface area contributed by atoms with Gasteiger partial charge in [-0.25, -0.2) is 4.79 Å². The van der Waals surface area contributed by atoms with E-state index in [0.717, 1.165) is 11.3 Å². The molecule has 0 aliphatic rings. The number of carboxylic acid groups (broad SMARTS) is 1. The molecule has 0 aliphatic heterocycles. The number of carbonyl (C=O) groups is 1. The number of benzene rings is 2. The predicted octanol–water partition coefficient (Wildman–Crippen LogP) is 4.09. The standard InChI is InChI=1S/C14H12ClNO2/c1-9-6-7-10(15)8-13(9)16-12-5-3-2-4-11(12)14(17)18/h2-8,16H,1H3,(H,17,18). The van der Waals surface area contributed by atoms with Crippen LogP contribution in [-0.2, 0) is 0 Å². The van der Waals surface area contributed by atoms with Gasteiger partial charge in [-0.05, 0) is 36.8 Å². The fourth-order valence-corrected chi connectivity index (χ4v) is 1.82. The number of rotatable bonds is 3. The molecule has 0 unspecified atom stereocenters. The van der Waals surface area contributed by atoms with E-state index >= 15 is 0 Å². The Morgan fingerprint density at radius 2 is 1.89 bits per heavy atom. The quantitative estimate of drug-likeness (QED) is 0.875. The zero-order chi connectivity index (χ0) is 13.1. The third-order valence-corrected chi connectivity index (χ3v) is 2.86. The monoisotopic (exact) mass is 261 g/mol. The maximum Gasteiger partial charge on any atom is 0.337 e. The van der Waals surface area contributed by atoms with Crippen molar-refractivity contribution in [2.45, 2.75) is 6.92 Å². The summed E-state index contributed by atoms with van der Waals surface area (Å²) in [5.41, 5.74) is 2.59. The number of nitrogens with one attached hydrogen (secondary N) is 1. The second kappa shape index (κ2) is 5.10. The first-order chi connectivity index (χ1) is 8.58. The van der Waals surface area contributed by atoms with E-state index in [1.807, 2.05) is 13.0 Å². The molecule has 0 amide bonds. The fourth-order valence-electron chi connectivity index (χ4n) is 1.65. The molecule has 0 radical (unpaired) electrons. The van der Waals surface area contributed by atoms with E-state index < -0.39 is 5.97 Å². The number of carboxylic acids is 1. The first-order valence-corrected chi connectivity index (χ1v) is 5.81. The van der Waals surface area contributed by atoms with Crippen molar-refractivity contribution >= 4 is 28.9 Å². The minimum Gasteiger partial charge on any atom is -0.478 e. The molecule has 0 saturated carbocycles. The van der Waals surface area contributed by atoms with Crippen LogP contribution >= 0.6 is 11.6 Å². The van der Waals surface area contributed by atoms with Gasteiger partial charge in [-0.1, -0.05) is 29.8 Å². The van der Waals surface area contributed by atoms with Crippen LogP contribution in [0.3, 0.4) is 0 Å². The fraction of sp³-hybridized carbons (Fsp3) is 0.0714. The molecule has 18 heavy (non-hydrogen) atoms. The Morgan fingerprint density at radius 3 is 2.61 bits per heavy atom. The van der Waals surface area contributed by atoms with Gasteiger partial charge in [-0.3, -0.25) is 0 Å². The van der Waals surface area contributed by atoms with E-state index in [9.17, 15) is 4.79 Å². The number of aryl methyl sites for hydroxylation is 1. The Bertz CT molecular complexity index is 596. The third kappa shape index (κ3) is 2.63. The van der Waals surface area contributed by atoms with Gasteiger partial charge < -0.3 is 10.4 Å². The zero-order valence-electron chi connectivity index (χ0n) is 9.77. The molecule has 4 heteroatoms. The van der Waals surface area contributed by atoms with Crippen LogP contribution in [0.2, 0.25) is 5.02 Å². The SMILES string of the molecule is Cc1ccc(Cl)cc1Nc1ccccc1C(=O)O. The second-order valence-electron chi connectivity index (χ2n) is 3.93. The number of anilines is 2. The summed E-state index contributed by atoms with van der Waals surface area (Å²) in [5, 5.41) is 12.8. The lowest BCUT2D eigenvalue weighted by atomic mass is 10.1. The van der Waals surface area contributed by atoms with E-state index in [1.54, 1.807) is 36.4 Å². The molecule has 0 atom stereocenters. The zero-order valence-corrected chi connectivity index (χ0v) is 10.5. The molecule has 2 rings (SSSR count). The molecule has 0 saturated heterocycles. The van der Waals surface area contributed by atoms with E-state index in [1.165, 1.54) is 0 Å². The molecular formula is C14H12ClNO2. The molecular weight excluding hydrogens is 250 g/mol. The van der Waals surface area contributed by atoms with Gasteiger partial charge in [-0.2, -0.15) is 0 Å². The molecule has 0 aliphatic carbocycles. The van der Waals surface area contributed by atoms with E-state index in [-0.39, 0.29) is 5.56 Å². The maximum absolute atomic E-state index is 11.1. The molecule has 3 nitrogen and oxygen atoms in total. The molecule has 0 aromatic heterocycles. The number of para-hydroxylation sites is 1. The van der Waals surface area contributed by atoms with Gasteiger partial charge in [0.25, 0.3) is 0 Å². The van der Waals surface area contributed by atoms with Crippen molar-refractivity contribution in [3.05, 3.63) is 58.6 Å². The highest BCUT2D eigenvalue weighted by Gasteiger charge is 2.09. The average Bonchev–Trinajstić information content (AvgIpc) is 2.34. The van der Waals surface area contributed by atoms with Crippen LogP contribution in [-0.4, -0.2) is 11.1 Å². The lowest BCUT2D eigenvalue weighted by molar-refractivity contribution is 0.0698. The molecule has 92 valence electrons. The Hall–Kier alpha value is -2.00. The largest absolute Gasteiger partial charge is 0.478 e. The van der Waals surface area contributed by atoms with Crippen LogP contribution in [0.5, 0.6) is 0 Å². The van der Waals surface area contributed by atoms with Crippen LogP contribution in [0.4, 0.5) is 11.4 Å². The summed E-state index contributed by atoms with van der Waals surface area (Å²) in [6.07, 6.45) is 0. The lowest BCUT2D eigenvalue weighted by Crippen LogP contribution is -2.03. The maximum atomic E-state index is 11.1. The third-order valence-electron chi connectivity index (χ3n) is 2.63. The van der Waals surface area contributed by atoms with Crippen molar-refractivity contribution in [1.29, 1.82) is 0 Å². The van der Waals surface area contributed by atoms with Crippen molar-refractivity contribution in [2.75, 3.05) is 5.32 Å². The summed E-state index contributed by atoms with van der Waals surface area (Å²) in [7, 11) is 0. The second-order valence-corrected chi connectivity index (χ2v) is 4.37. The van der Waals surface area contributed by atoms with Crippen LogP contribution in [0, 0.1) is 6.92 Å². The smallest absolute Gasteiger partial charge is 0.337 e. The summed E-state index contributed by atoms with van der Waals surface area (Å²) < 4.78 is 0. The highest BCUT2D eigenvalue weighted by Crippen LogP contribution is 2.26. The first kappa shape index (κ1) is 12.5. The predicted molar refractivity (Wildman–Crippen MR) is 72.9 cm³/mol. The van der Waals surface area contributed by atoms with Crippen molar-refractivity contribution in [1.82, 2.24) is 0 Å². The molecule has 0 spiro atoms. The van der Waals surface area contributed by atoms with Crippen molar-refractivity contribution in [2.24, 2.45) is 0 Å². The van der Waals surface area contributed by atoms with Crippen molar-refractivity contribution < 1.29 is 9.90 Å². The van der Waals surface area contributed by atoms with Crippen LogP contribution in [0.15, 0.2) is 42.5 Å². The summed E-state index contributed by atoms with van der Waals surface area (Å²) >= 11 is 5.93. The number of halogens is 1. The first-order valence-electron chi connectivity index (χ1n) is 5.43. The minimum absolute atomic E-state index is 0.233. The molecule has 2 aromatic carbocycles. The normalized spacial score (nSPS) is 10.1. The van der Waals surface area contributed by atoms with Gasteiger partial charge in [0.2, 0.25) is 0 Å². The van der Waals surface area contributed by atoms with E-state index in [4.69, 9.17) is 16.7 Å². The topological polar surface area (TPSA) is 49.3 Å². The Morgan fingerprint density at radius 1 is 1.17 bits per heavy atom. The van der Waals surface area contributed by atoms with Crippen LogP contribution in [0.25, 0.3) is 0 Å². The van der Waals surface area contributed by atoms with Gasteiger partial charge in [0.05, 0.1) is 11.3 Å². The summed E-state index contributed by atoms with van der Waals surface area (Å²) in [4.78, 5) is 11.1. The summed E-state index contributed by atoms with van der Waals surface area (Å²) in [5.74, 6) is -0.960. The highest BCUT2D eigenvalue weighted by atomic mass is 35.5. The molecule has 2 N–H and O–H groups in total. The van der Waals surface area contributed by atoms with E-state index in [2.05, 4.69) is 5.32 Å². The molecule has 0 bridgehead atoms. The Kier molecular flexibility index (Phi) is 3.53. The van der Waals surface area contributed by atoms with Gasteiger partial charge in [0.1, 0.15) is 0 Å². The number of aromatic carboxylic acids is 1. The Labute approximate surface area is 110 Å². The lowest BCUT2D eigenvalue weighted by Gasteiger charge is -2.12. The highest BCUT2D eigenvalue weighted by molar-refractivity contribution is 6.30. The van der Waals surface area contributed by atoms with Crippen LogP contribution < -0.4 is 5.32 Å². The van der Waals surface area contributed by atoms with Gasteiger partial charge in [0.15, 0.2) is 0 Å². The van der Waals surface area contributed by atoms with Gasteiger partial charge >= 0.3 is 5.97 Å².